The zero-order valence-electron chi connectivity index (χ0n) is 9.26. The highest BCUT2D eigenvalue weighted by molar-refractivity contribution is 9.10. The molecule has 0 radical (unpaired) electrons. The van der Waals surface area contributed by atoms with Gasteiger partial charge in [-0.15, -0.1) is 0 Å². The fraction of sp³-hybridized carbons (Fsp3) is 0.538. The summed E-state index contributed by atoms with van der Waals surface area (Å²) in [6.07, 6.45) is 6.34. The summed E-state index contributed by atoms with van der Waals surface area (Å²) in [5, 5.41) is 3.51. The van der Waals surface area contributed by atoms with Gasteiger partial charge >= 0.3 is 0 Å². The number of nitrogens with one attached hydrogen (secondary N) is 1. The molecule has 0 amide bonds. The van der Waals surface area contributed by atoms with Crippen molar-refractivity contribution in [2.45, 2.75) is 37.7 Å². The topological polar surface area (TPSA) is 21.3 Å². The Bertz CT molecular complexity index is 399. The van der Waals surface area contributed by atoms with Crippen LogP contribution >= 0.6 is 15.9 Å². The van der Waals surface area contributed by atoms with E-state index in [9.17, 15) is 0 Å². The molecule has 1 aliphatic carbocycles. The summed E-state index contributed by atoms with van der Waals surface area (Å²) in [6, 6.07) is 6.19. The molecule has 16 heavy (non-hydrogen) atoms. The molecule has 0 atom stereocenters. The van der Waals surface area contributed by atoms with E-state index in [1.807, 2.05) is 6.07 Å². The molecule has 1 aliphatic heterocycles. The molecule has 1 spiro atoms. The number of anilines is 1. The zero-order valence-corrected chi connectivity index (χ0v) is 10.8. The van der Waals surface area contributed by atoms with Gasteiger partial charge in [0.15, 0.2) is 0 Å². The molecule has 0 unspecified atom stereocenters. The van der Waals surface area contributed by atoms with Gasteiger partial charge in [0.2, 0.25) is 0 Å². The molecule has 1 N–H and O–H groups in total. The standard InChI is InChI=1S/C13H16BrNO/c14-10-4-5-12-11(8-10)15-9-13(16-12)6-2-1-3-7-13/h4-5,8,15H,1-3,6-7,9H2. The first-order chi connectivity index (χ1) is 7.77. The zero-order chi connectivity index (χ0) is 11.0. The maximum atomic E-state index is 6.23. The smallest absolute Gasteiger partial charge is 0.143 e. The molecule has 3 rings (SSSR count). The number of hydrogen-bond acceptors (Lipinski definition) is 2. The number of rotatable bonds is 0. The van der Waals surface area contributed by atoms with Gasteiger partial charge in [-0.05, 0) is 43.9 Å². The van der Waals surface area contributed by atoms with Crippen molar-refractivity contribution in [3.05, 3.63) is 22.7 Å². The normalized spacial score (nSPS) is 22.1. The Kier molecular flexibility index (Phi) is 2.58. The fourth-order valence-corrected chi connectivity index (χ4v) is 3.09. The Morgan fingerprint density at radius 3 is 2.81 bits per heavy atom. The summed E-state index contributed by atoms with van der Waals surface area (Å²) in [6.45, 7) is 0.955. The van der Waals surface area contributed by atoms with Crippen LogP contribution in [0.3, 0.4) is 0 Å². The second-order valence-electron chi connectivity index (χ2n) is 4.84. The van der Waals surface area contributed by atoms with E-state index in [4.69, 9.17) is 4.74 Å². The number of ether oxygens (including phenoxy) is 1. The molecule has 86 valence electrons. The second-order valence-corrected chi connectivity index (χ2v) is 5.76. The van der Waals surface area contributed by atoms with Crippen LogP contribution in [0, 0.1) is 0 Å². The third-order valence-corrected chi connectivity index (χ3v) is 4.13. The van der Waals surface area contributed by atoms with Crippen molar-refractivity contribution in [1.29, 1.82) is 0 Å². The van der Waals surface area contributed by atoms with Crippen LogP contribution in [0.15, 0.2) is 22.7 Å². The van der Waals surface area contributed by atoms with E-state index in [0.717, 1.165) is 22.5 Å². The molecule has 1 heterocycles. The van der Waals surface area contributed by atoms with Crippen molar-refractivity contribution in [3.63, 3.8) is 0 Å². The van der Waals surface area contributed by atoms with E-state index in [1.54, 1.807) is 0 Å². The highest BCUT2D eigenvalue weighted by atomic mass is 79.9. The molecule has 0 bridgehead atoms. The Labute approximate surface area is 105 Å². The average molecular weight is 282 g/mol. The molecule has 1 aromatic carbocycles. The van der Waals surface area contributed by atoms with E-state index >= 15 is 0 Å². The third-order valence-electron chi connectivity index (χ3n) is 3.63. The number of halogens is 1. The number of hydrogen-bond donors (Lipinski definition) is 1. The van der Waals surface area contributed by atoms with Gasteiger partial charge in [0.05, 0.1) is 12.2 Å². The largest absolute Gasteiger partial charge is 0.483 e. The molecule has 1 saturated carbocycles. The monoisotopic (exact) mass is 281 g/mol. The Hall–Kier alpha value is -0.700. The van der Waals surface area contributed by atoms with Gasteiger partial charge in [-0.1, -0.05) is 22.4 Å². The lowest BCUT2D eigenvalue weighted by Crippen LogP contribution is -2.47. The maximum absolute atomic E-state index is 6.23. The van der Waals surface area contributed by atoms with Crippen LogP contribution in [0.25, 0.3) is 0 Å². The highest BCUT2D eigenvalue weighted by Gasteiger charge is 2.37. The minimum Gasteiger partial charge on any atom is -0.483 e. The van der Waals surface area contributed by atoms with Crippen LogP contribution in [-0.2, 0) is 0 Å². The Balaban J connectivity index is 1.88. The van der Waals surface area contributed by atoms with Gasteiger partial charge < -0.3 is 10.1 Å². The van der Waals surface area contributed by atoms with Gasteiger partial charge in [-0.25, -0.2) is 0 Å². The van der Waals surface area contributed by atoms with E-state index in [0.29, 0.717) is 0 Å². The molecule has 3 heteroatoms. The molecule has 2 aliphatic rings. The average Bonchev–Trinajstić information content (AvgIpc) is 2.31. The Morgan fingerprint density at radius 1 is 1.19 bits per heavy atom. The first-order valence-electron chi connectivity index (χ1n) is 6.00. The highest BCUT2D eigenvalue weighted by Crippen LogP contribution is 2.40. The van der Waals surface area contributed by atoms with Gasteiger partial charge in [-0.3, -0.25) is 0 Å². The summed E-state index contributed by atoms with van der Waals surface area (Å²) < 4.78 is 7.33. The lowest BCUT2D eigenvalue weighted by atomic mass is 9.83. The van der Waals surface area contributed by atoms with Crippen molar-refractivity contribution in [2.24, 2.45) is 0 Å². The van der Waals surface area contributed by atoms with Crippen LogP contribution in [0.1, 0.15) is 32.1 Å². The molecule has 0 saturated heterocycles. The van der Waals surface area contributed by atoms with Gasteiger partial charge in [0, 0.05) is 4.47 Å². The quantitative estimate of drug-likeness (QED) is 0.777. The predicted molar refractivity (Wildman–Crippen MR) is 69.1 cm³/mol. The molecule has 0 aromatic heterocycles. The number of benzene rings is 1. The minimum absolute atomic E-state index is 0.0685. The van der Waals surface area contributed by atoms with Crippen LogP contribution in [0.2, 0.25) is 0 Å². The van der Waals surface area contributed by atoms with Crippen molar-refractivity contribution >= 4 is 21.6 Å². The van der Waals surface area contributed by atoms with Gasteiger partial charge in [0.25, 0.3) is 0 Å². The fourth-order valence-electron chi connectivity index (χ4n) is 2.73. The summed E-state index contributed by atoms with van der Waals surface area (Å²) in [5.41, 5.74) is 1.18. The number of fused-ring (bicyclic) bond motifs is 1. The Morgan fingerprint density at radius 2 is 2.00 bits per heavy atom. The second kappa shape index (κ2) is 3.95. The van der Waals surface area contributed by atoms with E-state index in [2.05, 4.69) is 33.4 Å². The summed E-state index contributed by atoms with van der Waals surface area (Å²) >= 11 is 3.48. The summed E-state index contributed by atoms with van der Waals surface area (Å²) in [4.78, 5) is 0. The molecule has 1 fully saturated rings. The minimum atomic E-state index is 0.0685. The van der Waals surface area contributed by atoms with Crippen LogP contribution in [0.4, 0.5) is 5.69 Å². The molecule has 1 aromatic rings. The third kappa shape index (κ3) is 1.81. The van der Waals surface area contributed by atoms with Gasteiger partial charge in [-0.2, -0.15) is 0 Å². The van der Waals surface area contributed by atoms with Crippen LogP contribution < -0.4 is 10.1 Å². The molecular formula is C13H16BrNO. The van der Waals surface area contributed by atoms with Crippen molar-refractivity contribution < 1.29 is 4.74 Å². The van der Waals surface area contributed by atoms with Crippen molar-refractivity contribution in [2.75, 3.05) is 11.9 Å². The van der Waals surface area contributed by atoms with Crippen molar-refractivity contribution in [1.82, 2.24) is 0 Å². The first-order valence-corrected chi connectivity index (χ1v) is 6.79. The lowest BCUT2D eigenvalue weighted by molar-refractivity contribution is 0.0369. The van der Waals surface area contributed by atoms with E-state index < -0.39 is 0 Å². The van der Waals surface area contributed by atoms with Gasteiger partial charge in [0.1, 0.15) is 11.4 Å². The summed E-state index contributed by atoms with van der Waals surface area (Å²) in [5.74, 6) is 1.01. The predicted octanol–water partition coefficient (Wildman–Crippen LogP) is 3.96. The summed E-state index contributed by atoms with van der Waals surface area (Å²) in [7, 11) is 0. The SMILES string of the molecule is Brc1ccc2c(c1)NCC1(CCCCC1)O2. The van der Waals surface area contributed by atoms with Crippen LogP contribution in [0.5, 0.6) is 5.75 Å². The lowest BCUT2D eigenvalue weighted by Gasteiger charge is -2.41. The van der Waals surface area contributed by atoms with E-state index in [1.165, 1.54) is 32.1 Å². The maximum Gasteiger partial charge on any atom is 0.143 e. The first kappa shape index (κ1) is 10.5. The van der Waals surface area contributed by atoms with Crippen molar-refractivity contribution in [3.8, 4) is 5.75 Å². The van der Waals surface area contributed by atoms with Crippen LogP contribution in [-0.4, -0.2) is 12.1 Å². The molecule has 2 nitrogen and oxygen atoms in total. The molecular weight excluding hydrogens is 266 g/mol. The van der Waals surface area contributed by atoms with E-state index in [-0.39, 0.29) is 5.60 Å².